The van der Waals surface area contributed by atoms with Gasteiger partial charge >= 0.3 is 0 Å². The molecule has 12 bridgehead atoms. The predicted octanol–water partition coefficient (Wildman–Crippen LogP) is 4.82. The van der Waals surface area contributed by atoms with Gasteiger partial charge in [-0.3, -0.25) is 19.2 Å². The van der Waals surface area contributed by atoms with Crippen LogP contribution in [0, 0.1) is 17.8 Å². The molecule has 21 atom stereocenters. The van der Waals surface area contributed by atoms with Crippen molar-refractivity contribution >= 4 is 23.5 Å². The van der Waals surface area contributed by atoms with E-state index in [-0.39, 0.29) is 123 Å². The second-order valence-corrected chi connectivity index (χ2v) is 22.8. The Hall–Kier alpha value is -2.84. The highest BCUT2D eigenvalue weighted by Gasteiger charge is 2.69. The molecule has 71 heavy (non-hydrogen) atoms. The van der Waals surface area contributed by atoms with Crippen molar-refractivity contribution in [2.45, 2.75) is 259 Å². The van der Waals surface area contributed by atoms with Gasteiger partial charge in [-0.05, 0) is 74.3 Å². The zero-order chi connectivity index (χ0) is 50.3. The van der Waals surface area contributed by atoms with Gasteiger partial charge in [0.05, 0.1) is 67.1 Å². The van der Waals surface area contributed by atoms with E-state index in [2.05, 4.69) is 36.0 Å². The number of rotatable bonds is 14. The van der Waals surface area contributed by atoms with Crippen molar-refractivity contribution in [1.29, 1.82) is 0 Å². The maximum atomic E-state index is 14.5. The molecule has 0 saturated carbocycles. The summed E-state index contributed by atoms with van der Waals surface area (Å²) in [5.41, 5.74) is 2.09. The molecule has 17 heteroatoms. The van der Waals surface area contributed by atoms with E-state index in [1.54, 1.807) is 14.0 Å². The van der Waals surface area contributed by atoms with E-state index in [0.29, 0.717) is 38.5 Å². The number of methoxy groups -OCH3 is 1. The number of aliphatic hydroxyl groups excluding tert-OH is 1. The minimum atomic E-state index is -1.04. The molecule has 10 aliphatic heterocycles. The molecule has 10 saturated heterocycles. The number of ketones is 1. The van der Waals surface area contributed by atoms with Crippen molar-refractivity contribution in [2.75, 3.05) is 13.7 Å². The smallest absolute Gasteiger partial charge is 0.243 e. The zero-order valence-electron chi connectivity index (χ0n) is 43.0. The topological polar surface area (TPSA) is 208 Å². The van der Waals surface area contributed by atoms with Crippen LogP contribution in [0.25, 0.3) is 0 Å². The number of carbonyl (C=O) groups is 4. The maximum Gasteiger partial charge on any atom is 0.243 e. The van der Waals surface area contributed by atoms with E-state index >= 15 is 0 Å². The Morgan fingerprint density at radius 2 is 1.52 bits per heavy atom. The number of Topliss-reactive ketones (excluding diaryl/α,β-unsaturated/α-hetero) is 1. The van der Waals surface area contributed by atoms with Crippen LogP contribution in [0.2, 0.25) is 0 Å². The van der Waals surface area contributed by atoms with Crippen LogP contribution in [-0.4, -0.2) is 158 Å². The molecule has 3 amide bonds. The number of amides is 3. The van der Waals surface area contributed by atoms with Crippen LogP contribution >= 0.6 is 0 Å². The predicted molar refractivity (Wildman–Crippen MR) is 259 cm³/mol. The highest BCUT2D eigenvalue weighted by atomic mass is 16.8. The number of nitrogens with one attached hydrogen (secondary N) is 3. The molecule has 17 nitrogen and oxygen atoms in total. The standard InChI is InChI=1S/C54H83N3O14/c1-9-11-12-37(56-53(62)45(27(3)4)57-44(60)10-2)52(61)55-26-32(59)23-42-46(63-8)36-22-31(58)21-34-14-16-39-47(66-34)51-50-49(68-39)48-43(69-50)25-54(70-48,71-51)18-17-35-20-29(6)38(64-35)15-13-33-19-28(5)30(7)40(65-33)24-41(36)67-42/h27-28,32-43,45-51,59H,6-7,9-26H2,1-5,8H3,(H,55,61)(H,56,62)(H,57,60)/t28-,32+,33+,34-,35+,36+,37+,38+,39+,40-,41+,42-,43?,45+,46-,47+,48+,49?,50?,51+,54+/m1/s1. The Morgan fingerprint density at radius 3 is 2.28 bits per heavy atom. The molecule has 398 valence electrons. The van der Waals surface area contributed by atoms with Gasteiger partial charge < -0.3 is 63.7 Å². The third kappa shape index (κ3) is 11.5. The average molecular weight is 998 g/mol. The molecular weight excluding hydrogens is 915 g/mol. The molecule has 10 aliphatic rings. The summed E-state index contributed by atoms with van der Waals surface area (Å²) in [5, 5.41) is 20.1. The number of hydrogen-bond acceptors (Lipinski definition) is 14. The normalized spacial score (nSPS) is 42.3. The minimum absolute atomic E-state index is 0.00137. The van der Waals surface area contributed by atoms with Crippen molar-refractivity contribution < 1.29 is 66.9 Å². The monoisotopic (exact) mass is 998 g/mol. The van der Waals surface area contributed by atoms with Gasteiger partial charge in [0.25, 0.3) is 0 Å². The first-order valence-corrected chi connectivity index (χ1v) is 27.3. The van der Waals surface area contributed by atoms with E-state index in [0.717, 1.165) is 56.1 Å². The molecule has 0 aromatic heterocycles. The summed E-state index contributed by atoms with van der Waals surface area (Å²) in [6, 6.07) is -1.66. The lowest BCUT2D eigenvalue weighted by Crippen LogP contribution is -2.61. The quantitative estimate of drug-likeness (QED) is 0.172. The Kier molecular flexibility index (Phi) is 16.8. The average Bonchev–Trinajstić information content (AvgIpc) is 4.02. The van der Waals surface area contributed by atoms with Gasteiger partial charge in [-0.15, -0.1) is 0 Å². The molecule has 0 aromatic carbocycles. The Balaban J connectivity index is 0.906. The molecule has 0 aromatic rings. The van der Waals surface area contributed by atoms with Crippen LogP contribution in [-0.2, 0) is 61.8 Å². The lowest BCUT2D eigenvalue weighted by Gasteiger charge is -2.47. The van der Waals surface area contributed by atoms with Gasteiger partial charge in [0.15, 0.2) is 5.79 Å². The van der Waals surface area contributed by atoms with Gasteiger partial charge in [-0.25, -0.2) is 0 Å². The van der Waals surface area contributed by atoms with Crippen molar-refractivity contribution in [2.24, 2.45) is 17.8 Å². The van der Waals surface area contributed by atoms with E-state index in [1.807, 2.05) is 20.8 Å². The first-order valence-electron chi connectivity index (χ1n) is 27.3. The Labute approximate surface area is 420 Å². The van der Waals surface area contributed by atoms with E-state index < -0.39 is 66.3 Å². The molecule has 10 fully saturated rings. The SMILES string of the molecule is C=C1C[C@@H]2CC[C@@]34CC5OC6C(O[C@H]7CC[C@H](CC(=O)C[C@@H]8[C@@H](OC)[C@@H](C[C@H](O)CNC(=O)[C@H](CCCC)NC(=O)[C@@H](NC(=O)CC)C(C)C)O[C@H]8C[C@H]8O[C@@H](CC[C@@H]1O2)C[C@@H](C)C8=C)O[C@@H]7[C@@H]6O3)[C@H]5O4. The molecule has 10 heterocycles. The summed E-state index contributed by atoms with van der Waals surface area (Å²) in [5.74, 6) is -2.29. The van der Waals surface area contributed by atoms with Crippen molar-refractivity contribution in [1.82, 2.24) is 16.0 Å². The number of aliphatic hydroxyl groups is 1. The fourth-order valence-electron chi connectivity index (χ4n) is 13.4. The summed E-state index contributed by atoms with van der Waals surface area (Å²) in [6.45, 7) is 18.5. The molecule has 0 radical (unpaired) electrons. The van der Waals surface area contributed by atoms with Gasteiger partial charge in [0.2, 0.25) is 17.7 Å². The summed E-state index contributed by atoms with van der Waals surface area (Å²) < 4.78 is 60.8. The minimum Gasteiger partial charge on any atom is -0.391 e. The van der Waals surface area contributed by atoms with Crippen molar-refractivity contribution in [3.63, 3.8) is 0 Å². The zero-order valence-corrected chi connectivity index (χ0v) is 43.0. The fourth-order valence-corrected chi connectivity index (χ4v) is 13.4. The Bertz CT molecular complexity index is 1950. The van der Waals surface area contributed by atoms with Gasteiger partial charge in [-0.1, -0.05) is 60.6 Å². The van der Waals surface area contributed by atoms with E-state index in [9.17, 15) is 24.3 Å². The van der Waals surface area contributed by atoms with Gasteiger partial charge in [-0.2, -0.15) is 0 Å². The number of carbonyl (C=O) groups excluding carboxylic acids is 4. The first kappa shape index (κ1) is 53.0. The van der Waals surface area contributed by atoms with E-state index in [1.165, 1.54) is 0 Å². The summed E-state index contributed by atoms with van der Waals surface area (Å²) in [4.78, 5) is 53.8. The number of unbranched alkanes of at least 4 members (excludes halogenated alkanes) is 1. The highest BCUT2D eigenvalue weighted by molar-refractivity contribution is 5.92. The van der Waals surface area contributed by atoms with Crippen molar-refractivity contribution in [3.05, 3.63) is 24.3 Å². The summed E-state index contributed by atoms with van der Waals surface area (Å²) >= 11 is 0. The van der Waals surface area contributed by atoms with Crippen LogP contribution in [0.1, 0.15) is 144 Å². The summed E-state index contributed by atoms with van der Waals surface area (Å²) in [6.07, 6.45) is 4.38. The number of fused-ring (bicyclic) bond motifs is 6. The molecule has 3 unspecified atom stereocenters. The Morgan fingerprint density at radius 1 is 0.789 bits per heavy atom. The summed E-state index contributed by atoms with van der Waals surface area (Å²) in [7, 11) is 1.61. The molecular formula is C54H83N3O14. The first-order chi connectivity index (χ1) is 34.0. The molecule has 4 N–H and O–H groups in total. The lowest BCUT2D eigenvalue weighted by molar-refractivity contribution is -0.292. The molecule has 10 rings (SSSR count). The van der Waals surface area contributed by atoms with E-state index in [4.69, 9.17) is 42.6 Å². The van der Waals surface area contributed by atoms with Crippen LogP contribution < -0.4 is 16.0 Å². The van der Waals surface area contributed by atoms with Crippen molar-refractivity contribution in [3.8, 4) is 0 Å². The third-order valence-electron chi connectivity index (χ3n) is 17.3. The highest BCUT2D eigenvalue weighted by Crippen LogP contribution is 2.54. The second kappa shape index (κ2) is 22.6. The second-order valence-electron chi connectivity index (χ2n) is 22.8. The maximum absolute atomic E-state index is 14.5. The molecule has 1 spiro atoms. The van der Waals surface area contributed by atoms with Crippen LogP contribution in [0.5, 0.6) is 0 Å². The number of hydrogen-bond donors (Lipinski definition) is 4. The van der Waals surface area contributed by atoms with Crippen LogP contribution in [0.3, 0.4) is 0 Å². The van der Waals surface area contributed by atoms with Gasteiger partial charge in [0.1, 0.15) is 48.4 Å². The van der Waals surface area contributed by atoms with Crippen LogP contribution in [0.4, 0.5) is 0 Å². The largest absolute Gasteiger partial charge is 0.391 e. The van der Waals surface area contributed by atoms with Gasteiger partial charge in [0, 0.05) is 64.5 Å². The molecule has 0 aliphatic carbocycles. The fraction of sp³-hybridized carbons (Fsp3) is 0.852. The lowest BCUT2D eigenvalue weighted by atomic mass is 9.81. The van der Waals surface area contributed by atoms with Crippen LogP contribution in [0.15, 0.2) is 24.3 Å². The third-order valence-corrected chi connectivity index (χ3v) is 17.3. The number of ether oxygens (including phenoxy) is 9.